The number of hydrogen-bond donors (Lipinski definition) is 13. The molecular weight excluding hydrogens is 865 g/mol. The van der Waals surface area contributed by atoms with Crippen LogP contribution in [0.5, 0.6) is 5.75 Å². The topological polar surface area (TPSA) is 406 Å². The minimum Gasteiger partial charge on any atom is -0.508 e. The third kappa shape index (κ3) is 18.5. The molecule has 0 radical (unpaired) electrons. The maximum absolute atomic E-state index is 13.9. The molecule has 1 aliphatic heterocycles. The molecule has 0 aliphatic carbocycles. The summed E-state index contributed by atoms with van der Waals surface area (Å²) < 4.78 is 0. The van der Waals surface area contributed by atoms with Crippen LogP contribution in [0.15, 0.2) is 29.3 Å². The van der Waals surface area contributed by atoms with Crippen molar-refractivity contribution in [1.82, 2.24) is 36.8 Å². The number of carboxylic acid groups (broad SMARTS) is 1. The number of carbonyl (C=O) groups excluding carboxylic acids is 8. The molecule has 1 fully saturated rings. The molecule has 0 aromatic heterocycles. The van der Waals surface area contributed by atoms with E-state index in [2.05, 4.69) is 36.9 Å². The number of carbonyl (C=O) groups is 9. The lowest BCUT2D eigenvalue weighted by atomic mass is 10.00. The molecule has 9 atom stereocenters. The molecule has 1 aromatic carbocycles. The summed E-state index contributed by atoms with van der Waals surface area (Å²) in [5, 5.41) is 45.3. The lowest BCUT2D eigenvalue weighted by Crippen LogP contribution is -2.61. The van der Waals surface area contributed by atoms with Gasteiger partial charge in [0.1, 0.15) is 42.0 Å². The number of aliphatic carboxylic acids is 1. The van der Waals surface area contributed by atoms with Crippen molar-refractivity contribution < 1.29 is 58.5 Å². The lowest BCUT2D eigenvalue weighted by molar-refractivity contribution is -0.143. The summed E-state index contributed by atoms with van der Waals surface area (Å²) in [4.78, 5) is 123. The van der Waals surface area contributed by atoms with Crippen molar-refractivity contribution in [2.24, 2.45) is 39.8 Å². The summed E-state index contributed by atoms with van der Waals surface area (Å²) in [5.41, 5.74) is 22.6. The van der Waals surface area contributed by atoms with Crippen molar-refractivity contribution in [2.45, 2.75) is 141 Å². The van der Waals surface area contributed by atoms with Crippen LogP contribution in [0.2, 0.25) is 0 Å². The number of benzene rings is 1. The number of hydrogen-bond acceptors (Lipinski definition) is 13. The van der Waals surface area contributed by atoms with E-state index in [9.17, 15) is 58.5 Å². The molecule has 9 unspecified atom stereocenters. The first-order valence-electron chi connectivity index (χ1n) is 21.7. The maximum Gasteiger partial charge on any atom is 0.303 e. The third-order valence-corrected chi connectivity index (χ3v) is 10.5. The summed E-state index contributed by atoms with van der Waals surface area (Å²) in [7, 11) is 0. The van der Waals surface area contributed by atoms with Crippen molar-refractivity contribution in [3.8, 4) is 5.75 Å². The largest absolute Gasteiger partial charge is 0.508 e. The Labute approximate surface area is 383 Å². The highest BCUT2D eigenvalue weighted by Gasteiger charge is 2.43. The number of aliphatic hydroxyl groups is 1. The van der Waals surface area contributed by atoms with Crippen LogP contribution in [0, 0.1) is 11.8 Å². The summed E-state index contributed by atoms with van der Waals surface area (Å²) in [6.07, 6.45) is -2.19. The van der Waals surface area contributed by atoms with E-state index in [0.717, 1.165) is 4.90 Å². The zero-order valence-corrected chi connectivity index (χ0v) is 38.2. The number of nitrogens with zero attached hydrogens (tertiary/aromatic N) is 2. The van der Waals surface area contributed by atoms with Gasteiger partial charge >= 0.3 is 5.97 Å². The molecule has 0 bridgehead atoms. The number of nitrogens with one attached hydrogen (secondary N) is 6. The lowest BCUT2D eigenvalue weighted by Gasteiger charge is -2.32. The van der Waals surface area contributed by atoms with Gasteiger partial charge in [-0.05, 0) is 69.1 Å². The average molecular weight is 933 g/mol. The Bertz CT molecular complexity index is 1910. The van der Waals surface area contributed by atoms with Gasteiger partial charge in [0.05, 0.1) is 18.2 Å². The number of primary amides is 1. The standard InChI is InChI=1S/C42H68N12O12/c1-20(2)16-29(38(63)48-22(5)35(44)60)52-37(62)28(13-14-32(58)59)50-40(65)33(21(3)4)53-41(66)34(23(6)55)54-19-25(18-31(54)57)49-39(64)30(17-24-9-11-26(56)12-10-24)51-36(61)27(43)8-7-15-47-42(45)46/h9-12,20-23,25,27-30,33-34,55-56H,7-8,13-19,43H2,1-6H3,(H2,44,60)(H,48,63)(H,49,64)(H,50,65)(H,51,61)(H,52,62)(H,53,66)(H,58,59)(H4,45,46,47). The normalized spacial score (nSPS) is 17.2. The van der Waals surface area contributed by atoms with E-state index in [1.165, 1.54) is 26.0 Å². The zero-order valence-electron chi connectivity index (χ0n) is 38.2. The first-order valence-corrected chi connectivity index (χ1v) is 21.7. The molecule has 24 nitrogen and oxygen atoms in total. The average Bonchev–Trinajstić information content (AvgIpc) is 3.57. The van der Waals surface area contributed by atoms with Crippen LogP contribution in [0.25, 0.3) is 0 Å². The quantitative estimate of drug-likeness (QED) is 0.0229. The van der Waals surface area contributed by atoms with E-state index in [1.54, 1.807) is 39.8 Å². The fourth-order valence-electron chi connectivity index (χ4n) is 6.96. The molecule has 66 heavy (non-hydrogen) atoms. The molecule has 0 saturated carbocycles. The Balaban J connectivity index is 2.27. The predicted molar refractivity (Wildman–Crippen MR) is 239 cm³/mol. The molecule has 1 heterocycles. The third-order valence-electron chi connectivity index (χ3n) is 10.5. The minimum absolute atomic E-state index is 0.0244. The highest BCUT2D eigenvalue weighted by atomic mass is 16.4. The van der Waals surface area contributed by atoms with Gasteiger partial charge in [-0.25, -0.2) is 0 Å². The van der Waals surface area contributed by atoms with E-state index < -0.39 is 126 Å². The number of carboxylic acids is 1. The molecule has 1 aromatic rings. The number of aliphatic imine (C=N–C) groups is 1. The molecule has 1 saturated heterocycles. The van der Waals surface area contributed by atoms with E-state index >= 15 is 0 Å². The summed E-state index contributed by atoms with van der Waals surface area (Å²) in [6.45, 7) is 9.23. The number of phenols is 1. The van der Waals surface area contributed by atoms with Crippen LogP contribution < -0.4 is 54.8 Å². The molecule has 2 rings (SSSR count). The predicted octanol–water partition coefficient (Wildman–Crippen LogP) is -3.72. The number of amides is 8. The van der Waals surface area contributed by atoms with Crippen LogP contribution in [0.1, 0.15) is 85.6 Å². The van der Waals surface area contributed by atoms with E-state index in [-0.39, 0.29) is 56.4 Å². The SMILES string of the molecule is CC(C)CC(NC(=O)C(CCC(=O)O)NC(=O)C(NC(=O)C(C(C)O)N1CC(NC(=O)C(Cc2ccc(O)cc2)NC(=O)C(N)CCCN=C(N)N)CC1=O)C(C)C)C(=O)NC(C)C(N)=O. The fourth-order valence-corrected chi connectivity index (χ4v) is 6.96. The Morgan fingerprint density at radius 1 is 0.773 bits per heavy atom. The number of guanidine groups is 1. The second-order valence-corrected chi connectivity index (χ2v) is 17.2. The van der Waals surface area contributed by atoms with Gasteiger partial charge in [-0.3, -0.25) is 48.1 Å². The Morgan fingerprint density at radius 3 is 1.91 bits per heavy atom. The van der Waals surface area contributed by atoms with Crippen molar-refractivity contribution in [2.75, 3.05) is 13.1 Å². The number of rotatable bonds is 27. The van der Waals surface area contributed by atoms with Crippen LogP contribution in [-0.2, 0) is 49.6 Å². The second-order valence-electron chi connectivity index (χ2n) is 17.2. The number of phenolic OH excluding ortho intramolecular Hbond substituents is 1. The minimum atomic E-state index is -1.58. The summed E-state index contributed by atoms with van der Waals surface area (Å²) in [6, 6.07) is -4.02. The molecule has 17 N–H and O–H groups in total. The number of aromatic hydroxyl groups is 1. The van der Waals surface area contributed by atoms with Crippen LogP contribution in [-0.4, -0.2) is 147 Å². The summed E-state index contributed by atoms with van der Waals surface area (Å²) in [5.74, 6) is -8.60. The maximum atomic E-state index is 13.9. The zero-order chi connectivity index (χ0) is 50.0. The van der Waals surface area contributed by atoms with E-state index in [4.69, 9.17) is 22.9 Å². The van der Waals surface area contributed by atoms with Crippen molar-refractivity contribution in [3.63, 3.8) is 0 Å². The van der Waals surface area contributed by atoms with Gasteiger partial charge in [-0.15, -0.1) is 0 Å². The van der Waals surface area contributed by atoms with Crippen LogP contribution in [0.4, 0.5) is 0 Å². The monoisotopic (exact) mass is 933 g/mol. The number of likely N-dealkylation sites (tertiary alicyclic amines) is 1. The van der Waals surface area contributed by atoms with Crippen molar-refractivity contribution >= 4 is 59.2 Å². The van der Waals surface area contributed by atoms with Gasteiger partial charge < -0.3 is 75.1 Å². The van der Waals surface area contributed by atoms with Crippen LogP contribution in [0.3, 0.4) is 0 Å². The van der Waals surface area contributed by atoms with Crippen molar-refractivity contribution in [3.05, 3.63) is 29.8 Å². The van der Waals surface area contributed by atoms with Gasteiger partial charge in [0.25, 0.3) is 0 Å². The fraction of sp³-hybridized carbons (Fsp3) is 0.619. The second kappa shape index (κ2) is 26.4. The van der Waals surface area contributed by atoms with Crippen molar-refractivity contribution in [1.29, 1.82) is 0 Å². The van der Waals surface area contributed by atoms with Crippen LogP contribution >= 0.6 is 0 Å². The first-order chi connectivity index (χ1) is 30.8. The molecule has 8 amide bonds. The molecule has 368 valence electrons. The van der Waals surface area contributed by atoms with E-state index in [0.29, 0.717) is 12.0 Å². The highest BCUT2D eigenvalue weighted by Crippen LogP contribution is 2.20. The van der Waals surface area contributed by atoms with Gasteiger partial charge in [0, 0.05) is 32.4 Å². The van der Waals surface area contributed by atoms with Gasteiger partial charge in [-0.1, -0.05) is 39.8 Å². The smallest absolute Gasteiger partial charge is 0.303 e. The van der Waals surface area contributed by atoms with E-state index in [1.807, 2.05) is 0 Å². The number of nitrogens with two attached hydrogens (primary N) is 4. The Morgan fingerprint density at radius 2 is 1.36 bits per heavy atom. The van der Waals surface area contributed by atoms with Gasteiger partial charge in [0.2, 0.25) is 47.3 Å². The molecule has 0 spiro atoms. The van der Waals surface area contributed by atoms with Gasteiger partial charge in [-0.2, -0.15) is 0 Å². The molecule has 1 aliphatic rings. The van der Waals surface area contributed by atoms with Gasteiger partial charge in [0.15, 0.2) is 5.96 Å². The first kappa shape index (κ1) is 55.6. The molecule has 24 heteroatoms. The molecular formula is C42H68N12O12. The Kier molecular flexibility index (Phi) is 22.2. The highest BCUT2D eigenvalue weighted by molar-refractivity contribution is 5.97. The number of aliphatic hydroxyl groups excluding tert-OH is 1. The Hall–Kier alpha value is -6.56. The summed E-state index contributed by atoms with van der Waals surface area (Å²) >= 11 is 0.